The zero-order chi connectivity index (χ0) is 25.5. The van der Waals surface area contributed by atoms with Gasteiger partial charge >= 0.3 is 0 Å². The van der Waals surface area contributed by atoms with Crippen LogP contribution in [0.3, 0.4) is 0 Å². The minimum absolute atomic E-state index is 0.156. The van der Waals surface area contributed by atoms with Gasteiger partial charge in [-0.15, -0.1) is 0 Å². The highest BCUT2D eigenvalue weighted by Crippen LogP contribution is 2.44. The molecule has 3 aromatic rings. The third-order valence-corrected chi connectivity index (χ3v) is 8.10. The van der Waals surface area contributed by atoms with Gasteiger partial charge in [0.2, 0.25) is 5.91 Å². The molecule has 0 bridgehead atoms. The molecule has 0 radical (unpaired) electrons. The van der Waals surface area contributed by atoms with Gasteiger partial charge in [0.05, 0.1) is 17.6 Å². The van der Waals surface area contributed by atoms with Crippen molar-refractivity contribution in [2.45, 2.75) is 56.4 Å². The van der Waals surface area contributed by atoms with E-state index in [0.29, 0.717) is 31.3 Å². The van der Waals surface area contributed by atoms with E-state index >= 15 is 0 Å². The number of benzene rings is 1. The normalized spacial score (nSPS) is 28.0. The van der Waals surface area contributed by atoms with Crippen LogP contribution < -0.4 is 16.2 Å². The molecule has 4 heterocycles. The molecule has 5 N–H and O–H groups in total. The maximum absolute atomic E-state index is 11.8. The number of amides is 1. The highest BCUT2D eigenvalue weighted by atomic mass is 16.5. The summed E-state index contributed by atoms with van der Waals surface area (Å²) in [5, 5.41) is 11.0. The van der Waals surface area contributed by atoms with Crippen LogP contribution in [0.5, 0.6) is 5.75 Å². The molecule has 1 saturated carbocycles. The molecule has 1 aliphatic carbocycles. The van der Waals surface area contributed by atoms with Crippen molar-refractivity contribution in [3.63, 3.8) is 0 Å². The van der Waals surface area contributed by atoms with Crippen LogP contribution in [0.2, 0.25) is 0 Å². The lowest BCUT2D eigenvalue weighted by molar-refractivity contribution is -0.125. The van der Waals surface area contributed by atoms with E-state index < -0.39 is 18.1 Å². The molecule has 1 aromatic carbocycles. The molecule has 196 valence electrons. The topological polar surface area (TPSA) is 142 Å². The van der Waals surface area contributed by atoms with Crippen LogP contribution >= 0.6 is 0 Å². The summed E-state index contributed by atoms with van der Waals surface area (Å²) in [5.74, 6) is 1.23. The van der Waals surface area contributed by atoms with Gasteiger partial charge in [0.15, 0.2) is 0 Å². The number of aromatic nitrogens is 3. The average molecular weight is 507 g/mol. The van der Waals surface area contributed by atoms with Crippen molar-refractivity contribution >= 4 is 22.8 Å². The SMILES string of the molecule is NC(=O)[C@@H]1[C@H](O)CCN1CC1CC(n2cc(-c3cccc(OCC4CCCO4)c3)c3c(N)ncnc32)C1. The van der Waals surface area contributed by atoms with E-state index in [9.17, 15) is 9.90 Å². The number of fused-ring (bicyclic) bond motifs is 1. The summed E-state index contributed by atoms with van der Waals surface area (Å²) in [5.41, 5.74) is 14.7. The number of nitrogen functional groups attached to an aromatic ring is 1. The Kier molecular flexibility index (Phi) is 6.48. The number of ether oxygens (including phenoxy) is 2. The third kappa shape index (κ3) is 4.65. The van der Waals surface area contributed by atoms with Gasteiger partial charge in [-0.3, -0.25) is 9.69 Å². The summed E-state index contributed by atoms with van der Waals surface area (Å²) in [6.07, 6.45) is 7.73. The zero-order valence-corrected chi connectivity index (χ0v) is 20.8. The summed E-state index contributed by atoms with van der Waals surface area (Å²) in [6.45, 7) is 2.81. The standard InChI is InChI=1S/C27H34N6O4/c28-25-23-21(17-3-1-4-19(11-17)37-14-20-5-2-8-36-20)13-33(27(23)31-15-30-25)18-9-16(10-18)12-32-7-6-22(34)24(32)26(29)35/h1,3-4,11,13,15-16,18,20,22,24,34H,2,5-10,12,14H2,(H2,29,35)(H2,28,30,31)/t16?,18?,20?,22-,24+/m1/s1. The molecule has 2 saturated heterocycles. The molecule has 3 aliphatic rings. The first-order valence-electron chi connectivity index (χ1n) is 13.1. The number of nitrogens with two attached hydrogens (primary N) is 2. The van der Waals surface area contributed by atoms with E-state index in [1.165, 1.54) is 6.33 Å². The molecule has 2 aromatic heterocycles. The Labute approximate surface area is 215 Å². The molecule has 2 aliphatic heterocycles. The van der Waals surface area contributed by atoms with Crippen molar-refractivity contribution in [1.29, 1.82) is 0 Å². The van der Waals surface area contributed by atoms with Crippen LogP contribution in [0.4, 0.5) is 5.82 Å². The van der Waals surface area contributed by atoms with Crippen molar-refractivity contribution in [2.75, 3.05) is 32.0 Å². The molecule has 1 amide bonds. The van der Waals surface area contributed by atoms with Gasteiger partial charge in [0.25, 0.3) is 0 Å². The number of carbonyl (C=O) groups excluding carboxylic acids is 1. The first kappa shape index (κ1) is 24.1. The quantitative estimate of drug-likeness (QED) is 0.422. The molecule has 0 spiro atoms. The number of primary amides is 1. The van der Waals surface area contributed by atoms with E-state index in [1.807, 2.05) is 23.1 Å². The lowest BCUT2D eigenvalue weighted by atomic mass is 9.79. The first-order chi connectivity index (χ1) is 18.0. The molecular formula is C27H34N6O4. The average Bonchev–Trinajstić information content (AvgIpc) is 3.59. The number of likely N-dealkylation sites (tertiary alicyclic amines) is 1. The van der Waals surface area contributed by atoms with Gasteiger partial charge in [-0.1, -0.05) is 12.1 Å². The zero-order valence-electron chi connectivity index (χ0n) is 20.8. The summed E-state index contributed by atoms with van der Waals surface area (Å²) >= 11 is 0. The number of anilines is 1. The van der Waals surface area contributed by atoms with Gasteiger partial charge in [-0.25, -0.2) is 9.97 Å². The second-order valence-corrected chi connectivity index (χ2v) is 10.6. The van der Waals surface area contributed by atoms with E-state index in [1.54, 1.807) is 0 Å². The molecule has 3 fully saturated rings. The molecule has 37 heavy (non-hydrogen) atoms. The number of nitrogens with zero attached hydrogens (tertiary/aromatic N) is 4. The third-order valence-electron chi connectivity index (χ3n) is 8.10. The second kappa shape index (κ2) is 9.92. The van der Waals surface area contributed by atoms with Gasteiger partial charge in [0.1, 0.15) is 36.2 Å². The minimum atomic E-state index is -0.672. The first-order valence-corrected chi connectivity index (χ1v) is 13.1. The van der Waals surface area contributed by atoms with Gasteiger partial charge in [-0.05, 0) is 55.7 Å². The van der Waals surface area contributed by atoms with E-state index in [2.05, 4.69) is 26.8 Å². The molecule has 10 heteroatoms. The fourth-order valence-electron chi connectivity index (χ4n) is 6.15. The number of hydrogen-bond donors (Lipinski definition) is 3. The van der Waals surface area contributed by atoms with Gasteiger partial charge in [-0.2, -0.15) is 0 Å². The molecule has 1 unspecified atom stereocenters. The van der Waals surface area contributed by atoms with Crippen molar-refractivity contribution < 1.29 is 19.4 Å². The largest absolute Gasteiger partial charge is 0.491 e. The predicted octanol–water partition coefficient (Wildman–Crippen LogP) is 2.11. The van der Waals surface area contributed by atoms with Gasteiger partial charge < -0.3 is 30.6 Å². The molecule has 10 nitrogen and oxygen atoms in total. The highest BCUT2D eigenvalue weighted by molar-refractivity contribution is 6.00. The lowest BCUT2D eigenvalue weighted by Gasteiger charge is -2.39. The number of rotatable bonds is 8. The van der Waals surface area contributed by atoms with Crippen LogP contribution in [0.1, 0.15) is 38.1 Å². The molecular weight excluding hydrogens is 472 g/mol. The van der Waals surface area contributed by atoms with Crippen LogP contribution in [0.25, 0.3) is 22.2 Å². The number of carbonyl (C=O) groups is 1. The number of hydrogen-bond acceptors (Lipinski definition) is 8. The summed E-state index contributed by atoms with van der Waals surface area (Å²) in [4.78, 5) is 22.7. The van der Waals surface area contributed by atoms with Crippen LogP contribution in [-0.4, -0.2) is 75.0 Å². The summed E-state index contributed by atoms with van der Waals surface area (Å²) in [6, 6.07) is 7.73. The van der Waals surface area contributed by atoms with Crippen molar-refractivity contribution in [3.05, 3.63) is 36.8 Å². The Morgan fingerprint density at radius 3 is 2.89 bits per heavy atom. The maximum Gasteiger partial charge on any atom is 0.237 e. The lowest BCUT2D eigenvalue weighted by Crippen LogP contribution is -2.48. The number of aliphatic hydroxyl groups excluding tert-OH is 1. The monoisotopic (exact) mass is 506 g/mol. The highest BCUT2D eigenvalue weighted by Gasteiger charge is 2.41. The van der Waals surface area contributed by atoms with Crippen molar-refractivity contribution in [3.8, 4) is 16.9 Å². The predicted molar refractivity (Wildman–Crippen MR) is 139 cm³/mol. The van der Waals surface area contributed by atoms with E-state index in [-0.39, 0.29) is 12.1 Å². The molecule has 6 rings (SSSR count). The Morgan fingerprint density at radius 2 is 2.11 bits per heavy atom. The Bertz CT molecular complexity index is 1280. The second-order valence-electron chi connectivity index (χ2n) is 10.6. The maximum atomic E-state index is 11.8. The molecule has 3 atom stereocenters. The van der Waals surface area contributed by atoms with Crippen LogP contribution in [-0.2, 0) is 9.53 Å². The number of aliphatic hydroxyl groups is 1. The minimum Gasteiger partial charge on any atom is -0.491 e. The fraction of sp³-hybridized carbons (Fsp3) is 0.519. The Morgan fingerprint density at radius 1 is 1.24 bits per heavy atom. The van der Waals surface area contributed by atoms with Crippen LogP contribution in [0.15, 0.2) is 36.8 Å². The Balaban J connectivity index is 1.21. The summed E-state index contributed by atoms with van der Waals surface area (Å²) < 4.78 is 13.9. The van der Waals surface area contributed by atoms with Crippen molar-refractivity contribution in [1.82, 2.24) is 19.4 Å². The van der Waals surface area contributed by atoms with Crippen LogP contribution in [0, 0.1) is 5.92 Å². The van der Waals surface area contributed by atoms with E-state index in [0.717, 1.165) is 66.7 Å². The smallest absolute Gasteiger partial charge is 0.237 e. The fourth-order valence-corrected chi connectivity index (χ4v) is 6.15. The van der Waals surface area contributed by atoms with E-state index in [4.69, 9.17) is 20.9 Å². The Hall–Kier alpha value is -3.21. The summed E-state index contributed by atoms with van der Waals surface area (Å²) in [7, 11) is 0. The van der Waals surface area contributed by atoms with Crippen molar-refractivity contribution in [2.24, 2.45) is 11.7 Å². The van der Waals surface area contributed by atoms with Gasteiger partial charge in [0, 0.05) is 37.5 Å².